The minimum Gasteiger partial charge on any atom is -0.340 e. The number of rotatable bonds is 2. The van der Waals surface area contributed by atoms with Gasteiger partial charge in [0.05, 0.1) is 5.52 Å². The highest BCUT2D eigenvalue weighted by Gasteiger charge is 2.18. The van der Waals surface area contributed by atoms with Crippen LogP contribution in [0.4, 0.5) is 15.9 Å². The number of aromatic nitrogens is 2. The third-order valence-electron chi connectivity index (χ3n) is 3.58. The van der Waals surface area contributed by atoms with E-state index < -0.39 is 0 Å². The van der Waals surface area contributed by atoms with Crippen molar-refractivity contribution in [1.82, 2.24) is 9.97 Å². The first kappa shape index (κ1) is 12.6. The van der Waals surface area contributed by atoms with Gasteiger partial charge in [-0.3, -0.25) is 0 Å². The summed E-state index contributed by atoms with van der Waals surface area (Å²) in [5.74, 6) is 1.63. The van der Waals surface area contributed by atoms with Gasteiger partial charge in [-0.25, -0.2) is 14.4 Å². The summed E-state index contributed by atoms with van der Waals surface area (Å²) in [4.78, 5) is 10.0. The van der Waals surface area contributed by atoms with Gasteiger partial charge in [0, 0.05) is 21.7 Å². The van der Waals surface area contributed by atoms with Gasteiger partial charge in [0.1, 0.15) is 18.0 Å². The highest BCUT2D eigenvalue weighted by Crippen LogP contribution is 2.38. The number of hydrogen-bond donors (Lipinski definition) is 1. The SMILES string of the molecule is Fc1ccc(Nc2ncnc3ccc4c(c23)CCS4)cc1. The van der Waals surface area contributed by atoms with E-state index in [9.17, 15) is 4.39 Å². The Labute approximate surface area is 125 Å². The van der Waals surface area contributed by atoms with E-state index in [4.69, 9.17) is 0 Å². The van der Waals surface area contributed by atoms with Crippen LogP contribution in [-0.2, 0) is 6.42 Å². The number of fused-ring (bicyclic) bond motifs is 3. The standard InChI is InChI=1S/C16H12FN3S/c17-10-1-3-11(4-2-10)20-16-15-12-7-8-21-14(12)6-5-13(15)18-9-19-16/h1-6,9H,7-8H2,(H,18,19,20). The lowest BCUT2D eigenvalue weighted by atomic mass is 10.1. The van der Waals surface area contributed by atoms with Crippen molar-refractivity contribution < 1.29 is 4.39 Å². The van der Waals surface area contributed by atoms with E-state index in [0.717, 1.165) is 34.6 Å². The number of thioether (sulfide) groups is 1. The molecular weight excluding hydrogens is 285 g/mol. The zero-order valence-electron chi connectivity index (χ0n) is 11.1. The van der Waals surface area contributed by atoms with Crippen LogP contribution in [0.15, 0.2) is 47.6 Å². The predicted octanol–water partition coefficient (Wildman–Crippen LogP) is 4.16. The van der Waals surface area contributed by atoms with E-state index in [1.807, 2.05) is 17.8 Å². The number of benzene rings is 2. The molecule has 1 aliphatic heterocycles. The molecule has 5 heteroatoms. The third-order valence-corrected chi connectivity index (χ3v) is 4.69. The van der Waals surface area contributed by atoms with E-state index in [1.54, 1.807) is 18.5 Å². The Morgan fingerprint density at radius 2 is 1.90 bits per heavy atom. The number of aryl methyl sites for hydroxylation is 1. The molecule has 104 valence electrons. The van der Waals surface area contributed by atoms with Gasteiger partial charge in [-0.2, -0.15) is 0 Å². The number of halogens is 1. The van der Waals surface area contributed by atoms with Crippen molar-refractivity contribution >= 4 is 34.2 Å². The Morgan fingerprint density at radius 3 is 2.76 bits per heavy atom. The van der Waals surface area contributed by atoms with Crippen LogP contribution in [-0.4, -0.2) is 15.7 Å². The molecule has 0 amide bonds. The molecule has 2 heterocycles. The average Bonchev–Trinajstić information content (AvgIpc) is 2.98. The van der Waals surface area contributed by atoms with Crippen molar-refractivity contribution in [3.63, 3.8) is 0 Å². The zero-order valence-corrected chi connectivity index (χ0v) is 12.0. The second-order valence-corrected chi connectivity index (χ2v) is 6.03. The van der Waals surface area contributed by atoms with E-state index in [0.29, 0.717) is 0 Å². The molecule has 0 unspecified atom stereocenters. The van der Waals surface area contributed by atoms with E-state index in [-0.39, 0.29) is 5.82 Å². The topological polar surface area (TPSA) is 37.8 Å². The van der Waals surface area contributed by atoms with Gasteiger partial charge < -0.3 is 5.32 Å². The van der Waals surface area contributed by atoms with Crippen LogP contribution >= 0.6 is 11.8 Å². The Balaban J connectivity index is 1.85. The van der Waals surface area contributed by atoms with Crippen molar-refractivity contribution in [2.24, 2.45) is 0 Å². The number of nitrogens with zero attached hydrogens (tertiary/aromatic N) is 2. The quantitative estimate of drug-likeness (QED) is 0.770. The van der Waals surface area contributed by atoms with Crippen LogP contribution in [0.2, 0.25) is 0 Å². The maximum atomic E-state index is 13.0. The summed E-state index contributed by atoms with van der Waals surface area (Å²) >= 11 is 1.87. The van der Waals surface area contributed by atoms with Gasteiger partial charge in [0.15, 0.2) is 0 Å². The van der Waals surface area contributed by atoms with Gasteiger partial charge in [0.25, 0.3) is 0 Å². The Kier molecular flexibility index (Phi) is 3.00. The fourth-order valence-electron chi connectivity index (χ4n) is 2.61. The van der Waals surface area contributed by atoms with E-state index in [2.05, 4.69) is 21.4 Å². The molecule has 0 bridgehead atoms. The monoisotopic (exact) mass is 297 g/mol. The normalized spacial score (nSPS) is 13.4. The van der Waals surface area contributed by atoms with Gasteiger partial charge >= 0.3 is 0 Å². The molecule has 0 aliphatic carbocycles. The Morgan fingerprint density at radius 1 is 1.05 bits per heavy atom. The second-order valence-electron chi connectivity index (χ2n) is 4.89. The lowest BCUT2D eigenvalue weighted by molar-refractivity contribution is 0.628. The summed E-state index contributed by atoms with van der Waals surface area (Å²) in [6.07, 6.45) is 2.59. The number of hydrogen-bond acceptors (Lipinski definition) is 4. The van der Waals surface area contributed by atoms with E-state index in [1.165, 1.54) is 22.6 Å². The molecule has 0 radical (unpaired) electrons. The minimum absolute atomic E-state index is 0.245. The molecule has 4 rings (SSSR count). The first-order valence-corrected chi connectivity index (χ1v) is 7.72. The van der Waals surface area contributed by atoms with Crippen molar-refractivity contribution in [3.8, 4) is 0 Å². The van der Waals surface area contributed by atoms with Gasteiger partial charge in [-0.15, -0.1) is 11.8 Å². The molecule has 0 fully saturated rings. The van der Waals surface area contributed by atoms with Gasteiger partial charge in [0.2, 0.25) is 0 Å². The fourth-order valence-corrected chi connectivity index (χ4v) is 3.68. The lowest BCUT2D eigenvalue weighted by Crippen LogP contribution is -1.98. The lowest BCUT2D eigenvalue weighted by Gasteiger charge is -2.11. The summed E-state index contributed by atoms with van der Waals surface area (Å²) in [6, 6.07) is 10.5. The first-order chi connectivity index (χ1) is 10.3. The van der Waals surface area contributed by atoms with E-state index >= 15 is 0 Å². The molecule has 1 aromatic heterocycles. The molecule has 3 aromatic rings. The highest BCUT2D eigenvalue weighted by atomic mass is 32.2. The molecule has 0 atom stereocenters. The molecule has 1 aliphatic rings. The summed E-state index contributed by atoms with van der Waals surface area (Å²) < 4.78 is 13.0. The molecular formula is C16H12FN3S. The van der Waals surface area contributed by atoms with Gasteiger partial charge in [-0.1, -0.05) is 0 Å². The van der Waals surface area contributed by atoms with Crippen LogP contribution < -0.4 is 5.32 Å². The molecule has 3 nitrogen and oxygen atoms in total. The number of nitrogens with one attached hydrogen (secondary N) is 1. The zero-order chi connectivity index (χ0) is 14.2. The van der Waals surface area contributed by atoms with Crippen LogP contribution in [0.25, 0.3) is 10.9 Å². The van der Waals surface area contributed by atoms with Crippen LogP contribution in [0.3, 0.4) is 0 Å². The predicted molar refractivity (Wildman–Crippen MR) is 83.6 cm³/mol. The highest BCUT2D eigenvalue weighted by molar-refractivity contribution is 7.99. The fraction of sp³-hybridized carbons (Fsp3) is 0.125. The van der Waals surface area contributed by atoms with Crippen LogP contribution in [0.5, 0.6) is 0 Å². The second kappa shape index (κ2) is 5.00. The summed E-state index contributed by atoms with van der Waals surface area (Å²) in [7, 11) is 0. The molecule has 1 N–H and O–H groups in total. The molecule has 0 spiro atoms. The van der Waals surface area contributed by atoms with Crippen molar-refractivity contribution in [3.05, 3.63) is 54.1 Å². The Hall–Kier alpha value is -2.14. The number of anilines is 2. The molecule has 2 aromatic carbocycles. The largest absolute Gasteiger partial charge is 0.340 e. The Bertz CT molecular complexity index is 818. The maximum Gasteiger partial charge on any atom is 0.142 e. The van der Waals surface area contributed by atoms with Gasteiger partial charge in [-0.05, 0) is 48.4 Å². The summed E-state index contributed by atoms with van der Waals surface area (Å²) in [5, 5.41) is 4.35. The van der Waals surface area contributed by atoms with Crippen molar-refractivity contribution in [2.45, 2.75) is 11.3 Å². The molecule has 0 saturated heterocycles. The minimum atomic E-state index is -0.245. The molecule has 0 saturated carbocycles. The van der Waals surface area contributed by atoms with Crippen molar-refractivity contribution in [2.75, 3.05) is 11.1 Å². The summed E-state index contributed by atoms with van der Waals surface area (Å²) in [5.41, 5.74) is 3.07. The van der Waals surface area contributed by atoms with Crippen molar-refractivity contribution in [1.29, 1.82) is 0 Å². The van der Waals surface area contributed by atoms with Crippen LogP contribution in [0, 0.1) is 5.82 Å². The third kappa shape index (κ3) is 2.23. The average molecular weight is 297 g/mol. The molecule has 21 heavy (non-hydrogen) atoms. The first-order valence-electron chi connectivity index (χ1n) is 6.73. The smallest absolute Gasteiger partial charge is 0.142 e. The maximum absolute atomic E-state index is 13.0. The van der Waals surface area contributed by atoms with Crippen LogP contribution in [0.1, 0.15) is 5.56 Å². The summed E-state index contributed by atoms with van der Waals surface area (Å²) in [6.45, 7) is 0.